The van der Waals surface area contributed by atoms with Crippen LogP contribution in [0.1, 0.15) is 38.1 Å². The van der Waals surface area contributed by atoms with Crippen LogP contribution in [-0.4, -0.2) is 15.1 Å². The third-order valence-electron chi connectivity index (χ3n) is 2.39. The lowest BCUT2D eigenvalue weighted by atomic mass is 10.2. The lowest BCUT2D eigenvalue weighted by Gasteiger charge is -2.02. The molecule has 0 aromatic carbocycles. The quantitative estimate of drug-likeness (QED) is 0.566. The number of alkyl halides is 1. The van der Waals surface area contributed by atoms with Crippen molar-refractivity contribution in [3.63, 3.8) is 0 Å². The predicted molar refractivity (Wildman–Crippen MR) is 64.0 cm³/mol. The summed E-state index contributed by atoms with van der Waals surface area (Å²) in [6.07, 6.45) is 4.70. The van der Waals surface area contributed by atoms with Crippen LogP contribution in [-0.2, 0) is 19.4 Å². The molecule has 1 aromatic heterocycles. The maximum absolute atomic E-state index is 4.53. The highest BCUT2D eigenvalue weighted by Gasteiger charge is 2.04. The molecule has 0 atom stereocenters. The predicted octanol–water partition coefficient (Wildman–Crippen LogP) is 3.18. The van der Waals surface area contributed by atoms with E-state index in [4.69, 9.17) is 0 Å². The van der Waals surface area contributed by atoms with E-state index >= 15 is 0 Å². The van der Waals surface area contributed by atoms with Crippen molar-refractivity contribution in [2.45, 2.75) is 46.1 Å². The molecule has 0 spiro atoms. The summed E-state index contributed by atoms with van der Waals surface area (Å²) in [7, 11) is 0. The first-order valence-corrected chi connectivity index (χ1v) is 6.55. The van der Waals surface area contributed by atoms with Crippen molar-refractivity contribution in [1.29, 1.82) is 0 Å². The van der Waals surface area contributed by atoms with Gasteiger partial charge in [-0.3, -0.25) is 4.68 Å². The molecular formula is C11H19BrN2. The molecule has 3 heteroatoms. The van der Waals surface area contributed by atoms with E-state index in [-0.39, 0.29) is 0 Å². The molecule has 0 radical (unpaired) electrons. The maximum atomic E-state index is 4.53. The Labute approximate surface area is 94.8 Å². The molecule has 0 saturated heterocycles. The fraction of sp³-hybridized carbons (Fsp3) is 0.727. The van der Waals surface area contributed by atoms with Crippen LogP contribution < -0.4 is 0 Å². The zero-order valence-electron chi connectivity index (χ0n) is 9.09. The largest absolute Gasteiger partial charge is 0.270 e. The van der Waals surface area contributed by atoms with Gasteiger partial charge >= 0.3 is 0 Å². The molecule has 0 N–H and O–H groups in total. The Hall–Kier alpha value is -0.310. The van der Waals surface area contributed by atoms with Gasteiger partial charge in [-0.05, 0) is 38.7 Å². The Morgan fingerprint density at radius 3 is 2.71 bits per heavy atom. The average Bonchev–Trinajstić information content (AvgIpc) is 2.61. The van der Waals surface area contributed by atoms with E-state index in [0.29, 0.717) is 0 Å². The fourth-order valence-corrected chi connectivity index (χ4v) is 1.96. The van der Waals surface area contributed by atoms with Crippen molar-refractivity contribution in [3.8, 4) is 0 Å². The Balaban J connectivity index is 2.59. The van der Waals surface area contributed by atoms with Gasteiger partial charge in [0, 0.05) is 17.6 Å². The topological polar surface area (TPSA) is 17.8 Å². The van der Waals surface area contributed by atoms with Gasteiger partial charge in [-0.1, -0.05) is 22.9 Å². The number of hydrogen-bond acceptors (Lipinski definition) is 1. The Kier molecular flexibility index (Phi) is 5.23. The van der Waals surface area contributed by atoms with Crippen LogP contribution in [0.5, 0.6) is 0 Å². The van der Waals surface area contributed by atoms with Gasteiger partial charge in [0.2, 0.25) is 0 Å². The summed E-state index contributed by atoms with van der Waals surface area (Å²) in [5.41, 5.74) is 2.62. The summed E-state index contributed by atoms with van der Waals surface area (Å²) >= 11 is 3.45. The standard InChI is InChI=1S/C11H19BrN2/c1-3-10-9-11(7-5-6-8-12)14(4-2)13-10/h9H,3-8H2,1-2H3. The van der Waals surface area contributed by atoms with Gasteiger partial charge in [-0.15, -0.1) is 0 Å². The molecule has 0 aliphatic rings. The van der Waals surface area contributed by atoms with Crippen molar-refractivity contribution < 1.29 is 0 Å². The second kappa shape index (κ2) is 6.23. The van der Waals surface area contributed by atoms with Gasteiger partial charge in [-0.25, -0.2) is 0 Å². The van der Waals surface area contributed by atoms with E-state index in [1.807, 2.05) is 0 Å². The highest BCUT2D eigenvalue weighted by atomic mass is 79.9. The first-order valence-electron chi connectivity index (χ1n) is 5.43. The van der Waals surface area contributed by atoms with Gasteiger partial charge in [-0.2, -0.15) is 5.10 Å². The highest BCUT2D eigenvalue weighted by Crippen LogP contribution is 2.09. The van der Waals surface area contributed by atoms with Crippen molar-refractivity contribution in [2.24, 2.45) is 0 Å². The molecule has 0 fully saturated rings. The monoisotopic (exact) mass is 258 g/mol. The summed E-state index contributed by atoms with van der Waals surface area (Å²) in [4.78, 5) is 0. The smallest absolute Gasteiger partial charge is 0.0624 e. The minimum absolute atomic E-state index is 0.990. The third-order valence-corrected chi connectivity index (χ3v) is 2.95. The van der Waals surface area contributed by atoms with E-state index in [1.54, 1.807) is 0 Å². The molecule has 2 nitrogen and oxygen atoms in total. The molecule has 0 amide bonds. The van der Waals surface area contributed by atoms with Crippen molar-refractivity contribution in [3.05, 3.63) is 17.5 Å². The Morgan fingerprint density at radius 1 is 1.36 bits per heavy atom. The first-order chi connectivity index (χ1) is 6.81. The fourth-order valence-electron chi connectivity index (χ4n) is 1.56. The number of aromatic nitrogens is 2. The zero-order chi connectivity index (χ0) is 10.4. The Morgan fingerprint density at radius 2 is 2.14 bits per heavy atom. The van der Waals surface area contributed by atoms with E-state index in [0.717, 1.165) is 24.7 Å². The molecule has 0 aliphatic carbocycles. The molecule has 1 rings (SSSR count). The zero-order valence-corrected chi connectivity index (χ0v) is 10.7. The minimum atomic E-state index is 0.990. The lowest BCUT2D eigenvalue weighted by Crippen LogP contribution is -2.02. The first kappa shape index (κ1) is 11.8. The number of hydrogen-bond donors (Lipinski definition) is 0. The van der Waals surface area contributed by atoms with Gasteiger partial charge in [0.25, 0.3) is 0 Å². The second-order valence-electron chi connectivity index (χ2n) is 3.44. The molecule has 0 saturated carbocycles. The normalized spacial score (nSPS) is 10.8. The molecule has 0 bridgehead atoms. The van der Waals surface area contributed by atoms with Gasteiger partial charge in [0.15, 0.2) is 0 Å². The summed E-state index contributed by atoms with van der Waals surface area (Å²) in [6.45, 7) is 5.30. The number of unbranched alkanes of at least 4 members (excludes halogenated alkanes) is 1. The number of halogens is 1. The van der Waals surface area contributed by atoms with Gasteiger partial charge in [0.05, 0.1) is 5.69 Å². The van der Waals surface area contributed by atoms with Gasteiger partial charge in [0.1, 0.15) is 0 Å². The van der Waals surface area contributed by atoms with Crippen LogP contribution in [0.3, 0.4) is 0 Å². The minimum Gasteiger partial charge on any atom is -0.270 e. The number of rotatable bonds is 6. The highest BCUT2D eigenvalue weighted by molar-refractivity contribution is 9.09. The van der Waals surface area contributed by atoms with Crippen LogP contribution >= 0.6 is 15.9 Å². The van der Waals surface area contributed by atoms with E-state index < -0.39 is 0 Å². The van der Waals surface area contributed by atoms with Gasteiger partial charge < -0.3 is 0 Å². The lowest BCUT2D eigenvalue weighted by molar-refractivity contribution is 0.602. The van der Waals surface area contributed by atoms with Crippen molar-refractivity contribution >= 4 is 15.9 Å². The van der Waals surface area contributed by atoms with E-state index in [2.05, 4.69) is 45.6 Å². The Bertz CT molecular complexity index is 268. The second-order valence-corrected chi connectivity index (χ2v) is 4.24. The van der Waals surface area contributed by atoms with Crippen LogP contribution in [0, 0.1) is 0 Å². The SMILES string of the molecule is CCc1cc(CCCCBr)n(CC)n1. The molecule has 1 aromatic rings. The van der Waals surface area contributed by atoms with Crippen LogP contribution in [0.15, 0.2) is 6.07 Å². The van der Waals surface area contributed by atoms with E-state index in [1.165, 1.54) is 24.2 Å². The van der Waals surface area contributed by atoms with Crippen LogP contribution in [0.25, 0.3) is 0 Å². The van der Waals surface area contributed by atoms with Crippen LogP contribution in [0.4, 0.5) is 0 Å². The number of aryl methyl sites for hydroxylation is 3. The number of nitrogens with zero attached hydrogens (tertiary/aromatic N) is 2. The van der Waals surface area contributed by atoms with E-state index in [9.17, 15) is 0 Å². The summed E-state index contributed by atoms with van der Waals surface area (Å²) < 4.78 is 2.13. The van der Waals surface area contributed by atoms with Crippen molar-refractivity contribution in [1.82, 2.24) is 9.78 Å². The molecule has 0 aliphatic heterocycles. The molecule has 0 unspecified atom stereocenters. The molecule has 14 heavy (non-hydrogen) atoms. The maximum Gasteiger partial charge on any atom is 0.0624 e. The third kappa shape index (κ3) is 3.12. The molecular weight excluding hydrogens is 240 g/mol. The summed E-state index contributed by atoms with van der Waals surface area (Å²) in [6, 6.07) is 2.25. The summed E-state index contributed by atoms with van der Waals surface area (Å²) in [5, 5.41) is 5.64. The summed E-state index contributed by atoms with van der Waals surface area (Å²) in [5.74, 6) is 0. The van der Waals surface area contributed by atoms with Crippen LogP contribution in [0.2, 0.25) is 0 Å². The average molecular weight is 259 g/mol. The molecule has 80 valence electrons. The van der Waals surface area contributed by atoms with Crippen molar-refractivity contribution in [2.75, 3.05) is 5.33 Å². The molecule has 1 heterocycles.